The van der Waals surface area contributed by atoms with E-state index in [1.807, 2.05) is 14.0 Å². The normalized spacial score (nSPS) is 29.4. The van der Waals surface area contributed by atoms with Gasteiger partial charge < -0.3 is 4.74 Å². The third-order valence-electron chi connectivity index (χ3n) is 4.28. The van der Waals surface area contributed by atoms with E-state index in [9.17, 15) is 0 Å². The first kappa shape index (κ1) is 14.9. The highest BCUT2D eigenvalue weighted by Gasteiger charge is 2.42. The van der Waals surface area contributed by atoms with Crippen molar-refractivity contribution < 1.29 is 4.74 Å². The minimum Gasteiger partial charge on any atom is -0.377 e. The summed E-state index contributed by atoms with van der Waals surface area (Å²) in [4.78, 5) is 4.55. The Hall–Kier alpha value is -0.490. The molecule has 0 aliphatic heterocycles. The summed E-state index contributed by atoms with van der Waals surface area (Å²) >= 11 is 1.71. The third-order valence-corrected chi connectivity index (χ3v) is 5.27. The van der Waals surface area contributed by atoms with Crippen LogP contribution in [0.3, 0.4) is 0 Å². The average Bonchev–Trinajstić information content (AvgIpc) is 2.81. The number of methoxy groups -OCH3 is 1. The molecule has 0 bridgehead atoms. The molecule has 1 aromatic heterocycles. The molecule has 3 N–H and O–H groups in total. The van der Waals surface area contributed by atoms with Gasteiger partial charge in [0.05, 0.1) is 16.7 Å². The number of nitrogens with zero attached hydrogens (tertiary/aromatic N) is 1. The van der Waals surface area contributed by atoms with Crippen molar-refractivity contribution in [2.75, 3.05) is 7.11 Å². The minimum absolute atomic E-state index is 0.130. The van der Waals surface area contributed by atoms with Gasteiger partial charge in [0.1, 0.15) is 0 Å². The highest BCUT2D eigenvalue weighted by Crippen LogP contribution is 2.38. The highest BCUT2D eigenvalue weighted by atomic mass is 32.1. The van der Waals surface area contributed by atoms with E-state index in [-0.39, 0.29) is 11.6 Å². The zero-order chi connectivity index (χ0) is 13.9. The summed E-state index contributed by atoms with van der Waals surface area (Å²) in [5, 5.41) is 3.22. The fraction of sp³-hybridized carbons (Fsp3) is 0.786. The van der Waals surface area contributed by atoms with Crippen LogP contribution in [0.1, 0.15) is 43.3 Å². The van der Waals surface area contributed by atoms with Crippen LogP contribution < -0.4 is 11.3 Å². The highest BCUT2D eigenvalue weighted by molar-refractivity contribution is 7.09. The first-order chi connectivity index (χ1) is 9.09. The first-order valence-electron chi connectivity index (χ1n) is 7.02. The fourth-order valence-corrected chi connectivity index (χ4v) is 4.07. The molecular weight excluding hydrogens is 258 g/mol. The molecule has 1 heterocycles. The lowest BCUT2D eigenvalue weighted by molar-refractivity contribution is -0.0791. The van der Waals surface area contributed by atoms with Crippen molar-refractivity contribution in [3.05, 3.63) is 16.1 Å². The Morgan fingerprint density at radius 1 is 1.68 bits per heavy atom. The summed E-state index contributed by atoms with van der Waals surface area (Å²) in [5.41, 5.74) is 3.92. The number of aromatic nitrogens is 1. The molecule has 4 nitrogen and oxygen atoms in total. The molecule has 1 aromatic rings. The second-order valence-electron chi connectivity index (χ2n) is 5.78. The average molecular weight is 283 g/mol. The largest absolute Gasteiger partial charge is 0.377 e. The van der Waals surface area contributed by atoms with E-state index < -0.39 is 0 Å². The van der Waals surface area contributed by atoms with Crippen molar-refractivity contribution in [1.29, 1.82) is 0 Å². The molecular formula is C14H25N3OS. The third kappa shape index (κ3) is 3.34. The molecule has 3 atom stereocenters. The van der Waals surface area contributed by atoms with E-state index >= 15 is 0 Å². The fourth-order valence-electron chi connectivity index (χ4n) is 3.26. The first-order valence-corrected chi connectivity index (χ1v) is 7.90. The SMILES string of the molecule is COC1(C(Cc2nc(C)cs2)NN)CCCC(C)C1. The van der Waals surface area contributed by atoms with Crippen LogP contribution in [0.25, 0.3) is 0 Å². The lowest BCUT2D eigenvalue weighted by atomic mass is 9.74. The monoisotopic (exact) mass is 283 g/mol. The smallest absolute Gasteiger partial charge is 0.0945 e. The molecule has 108 valence electrons. The van der Waals surface area contributed by atoms with E-state index in [0.29, 0.717) is 5.92 Å². The van der Waals surface area contributed by atoms with Crippen LogP contribution in [0.4, 0.5) is 0 Å². The number of hydrogen-bond acceptors (Lipinski definition) is 5. The van der Waals surface area contributed by atoms with E-state index in [1.54, 1.807) is 11.3 Å². The van der Waals surface area contributed by atoms with Crippen LogP contribution in [0.15, 0.2) is 5.38 Å². The molecule has 0 saturated heterocycles. The van der Waals surface area contributed by atoms with Gasteiger partial charge in [0.15, 0.2) is 0 Å². The summed E-state index contributed by atoms with van der Waals surface area (Å²) in [6.07, 6.45) is 5.49. The Labute approximate surface area is 119 Å². The van der Waals surface area contributed by atoms with Gasteiger partial charge in [-0.05, 0) is 25.7 Å². The topological polar surface area (TPSA) is 60.2 Å². The number of aryl methyl sites for hydroxylation is 1. The number of hydrazine groups is 1. The summed E-state index contributed by atoms with van der Waals surface area (Å²) in [7, 11) is 1.81. The Balaban J connectivity index is 2.13. The van der Waals surface area contributed by atoms with Gasteiger partial charge in [-0.3, -0.25) is 11.3 Å². The van der Waals surface area contributed by atoms with Crippen molar-refractivity contribution in [2.45, 2.75) is 57.6 Å². The van der Waals surface area contributed by atoms with Gasteiger partial charge in [-0.15, -0.1) is 11.3 Å². The van der Waals surface area contributed by atoms with Crippen LogP contribution in [-0.4, -0.2) is 23.7 Å². The lowest BCUT2D eigenvalue weighted by Crippen LogP contribution is -2.57. The number of nitrogens with two attached hydrogens (primary N) is 1. The van der Waals surface area contributed by atoms with Crippen LogP contribution in [0.5, 0.6) is 0 Å². The minimum atomic E-state index is -0.147. The molecule has 3 unspecified atom stereocenters. The van der Waals surface area contributed by atoms with Crippen molar-refractivity contribution in [1.82, 2.24) is 10.4 Å². The van der Waals surface area contributed by atoms with E-state index in [0.717, 1.165) is 30.0 Å². The second-order valence-corrected chi connectivity index (χ2v) is 6.72. The molecule has 1 saturated carbocycles. The van der Waals surface area contributed by atoms with Gasteiger partial charge in [0, 0.05) is 24.6 Å². The number of nitrogens with one attached hydrogen (secondary N) is 1. The van der Waals surface area contributed by atoms with Crippen molar-refractivity contribution in [3.63, 3.8) is 0 Å². The Kier molecular flexibility index (Phi) is 4.95. The summed E-state index contributed by atoms with van der Waals surface area (Å²) in [6.45, 7) is 4.33. The van der Waals surface area contributed by atoms with Crippen molar-refractivity contribution >= 4 is 11.3 Å². The maximum absolute atomic E-state index is 5.92. The molecule has 19 heavy (non-hydrogen) atoms. The van der Waals surface area contributed by atoms with Crippen molar-refractivity contribution in [2.24, 2.45) is 11.8 Å². The maximum Gasteiger partial charge on any atom is 0.0945 e. The summed E-state index contributed by atoms with van der Waals surface area (Å²) < 4.78 is 5.92. The number of rotatable bonds is 5. The van der Waals surface area contributed by atoms with Gasteiger partial charge in [-0.2, -0.15) is 0 Å². The Morgan fingerprint density at radius 2 is 2.47 bits per heavy atom. The molecule has 0 radical (unpaired) electrons. The lowest BCUT2D eigenvalue weighted by Gasteiger charge is -2.44. The Bertz CT molecular complexity index is 409. The predicted molar refractivity (Wildman–Crippen MR) is 79.0 cm³/mol. The number of ether oxygens (including phenoxy) is 1. The van der Waals surface area contributed by atoms with Crippen LogP contribution in [0.2, 0.25) is 0 Å². The van der Waals surface area contributed by atoms with E-state index in [4.69, 9.17) is 10.6 Å². The standard InChI is InChI=1S/C14H25N3OS/c1-10-5-4-6-14(8-10,18-3)12(17-15)7-13-16-11(2)9-19-13/h9-10,12,17H,4-8,15H2,1-3H3. The van der Waals surface area contributed by atoms with Gasteiger partial charge in [-0.25, -0.2) is 4.98 Å². The zero-order valence-corrected chi connectivity index (χ0v) is 12.9. The number of thiazole rings is 1. The molecule has 2 rings (SSSR count). The van der Waals surface area contributed by atoms with E-state index in [1.165, 1.54) is 12.8 Å². The van der Waals surface area contributed by atoms with Crippen LogP contribution in [0, 0.1) is 12.8 Å². The van der Waals surface area contributed by atoms with Crippen molar-refractivity contribution in [3.8, 4) is 0 Å². The number of hydrogen-bond donors (Lipinski definition) is 2. The zero-order valence-electron chi connectivity index (χ0n) is 12.1. The Morgan fingerprint density at radius 3 is 3.00 bits per heavy atom. The maximum atomic E-state index is 5.92. The van der Waals surface area contributed by atoms with E-state index in [2.05, 4.69) is 22.7 Å². The second kappa shape index (κ2) is 6.31. The quantitative estimate of drug-likeness (QED) is 0.643. The molecule has 1 fully saturated rings. The summed E-state index contributed by atoms with van der Waals surface area (Å²) in [5.74, 6) is 6.51. The van der Waals surface area contributed by atoms with Gasteiger partial charge in [0.25, 0.3) is 0 Å². The van der Waals surface area contributed by atoms with Crippen LogP contribution in [-0.2, 0) is 11.2 Å². The molecule has 0 spiro atoms. The molecule has 0 amide bonds. The van der Waals surface area contributed by atoms with Gasteiger partial charge in [-0.1, -0.05) is 19.8 Å². The van der Waals surface area contributed by atoms with Gasteiger partial charge in [0.2, 0.25) is 0 Å². The molecule has 1 aliphatic carbocycles. The van der Waals surface area contributed by atoms with Gasteiger partial charge >= 0.3 is 0 Å². The predicted octanol–water partition coefficient (Wildman–Crippen LogP) is 2.42. The molecule has 0 aromatic carbocycles. The molecule has 5 heteroatoms. The molecule has 1 aliphatic rings. The summed E-state index contributed by atoms with van der Waals surface area (Å²) in [6, 6.07) is 0.130. The van der Waals surface area contributed by atoms with Crippen LogP contribution >= 0.6 is 11.3 Å².